The molecule has 84 valence electrons. The number of aryl methyl sites for hydroxylation is 1. The Hall–Kier alpha value is -1.67. The summed E-state index contributed by atoms with van der Waals surface area (Å²) in [6.45, 7) is 2.17. The van der Waals surface area contributed by atoms with Crippen LogP contribution in [0.4, 0.5) is 0 Å². The zero-order valence-electron chi connectivity index (χ0n) is 9.68. The monoisotopic (exact) mass is 239 g/mol. The van der Waals surface area contributed by atoms with Crippen LogP contribution in [0.15, 0.2) is 48.1 Å². The first-order chi connectivity index (χ1) is 8.33. The van der Waals surface area contributed by atoms with Crippen molar-refractivity contribution >= 4 is 21.4 Å². The number of hydrogen-bond donors (Lipinski definition) is 0. The Labute approximate surface area is 105 Å². The summed E-state index contributed by atoms with van der Waals surface area (Å²) >= 11 is 1.82. The molecule has 1 nitrogen and oxygen atoms in total. The average Bonchev–Trinajstić information content (AvgIpc) is 2.72. The van der Waals surface area contributed by atoms with Crippen LogP contribution in [0.5, 0.6) is 0 Å². The zero-order valence-corrected chi connectivity index (χ0v) is 10.5. The third kappa shape index (κ3) is 2.08. The van der Waals surface area contributed by atoms with Crippen LogP contribution in [0.25, 0.3) is 10.1 Å². The van der Waals surface area contributed by atoms with Crippen molar-refractivity contribution in [1.29, 1.82) is 0 Å². The van der Waals surface area contributed by atoms with Gasteiger partial charge in [-0.15, -0.1) is 11.3 Å². The third-order valence-corrected chi connectivity index (χ3v) is 4.03. The van der Waals surface area contributed by atoms with Crippen LogP contribution in [0, 0.1) is 6.92 Å². The minimum Gasteiger partial charge on any atom is -0.264 e. The van der Waals surface area contributed by atoms with Crippen LogP contribution in [-0.4, -0.2) is 4.98 Å². The normalized spacial score (nSPS) is 10.9. The molecule has 0 aliphatic rings. The molecule has 0 aliphatic heterocycles. The maximum atomic E-state index is 4.15. The minimum atomic E-state index is 0.959. The first kappa shape index (κ1) is 10.5. The highest BCUT2D eigenvalue weighted by molar-refractivity contribution is 7.17. The molecular formula is C15H13NS. The van der Waals surface area contributed by atoms with Crippen molar-refractivity contribution in [3.05, 3.63) is 64.8 Å². The van der Waals surface area contributed by atoms with Gasteiger partial charge in [0.05, 0.1) is 0 Å². The molecule has 0 bridgehead atoms. The number of nitrogens with zero attached hydrogens (tertiary/aromatic N) is 1. The molecule has 0 amide bonds. The van der Waals surface area contributed by atoms with E-state index in [0.29, 0.717) is 0 Å². The number of pyridine rings is 1. The molecule has 3 aromatic rings. The smallest absolute Gasteiger partial charge is 0.0348 e. The fourth-order valence-electron chi connectivity index (χ4n) is 2.05. The summed E-state index contributed by atoms with van der Waals surface area (Å²) in [4.78, 5) is 4.15. The molecule has 17 heavy (non-hydrogen) atoms. The van der Waals surface area contributed by atoms with Gasteiger partial charge in [-0.2, -0.15) is 0 Å². The summed E-state index contributed by atoms with van der Waals surface area (Å²) in [5.74, 6) is 0. The largest absolute Gasteiger partial charge is 0.264 e. The van der Waals surface area contributed by atoms with E-state index in [2.05, 4.69) is 41.6 Å². The molecule has 0 N–H and O–H groups in total. The lowest BCUT2D eigenvalue weighted by molar-refractivity contribution is 1.15. The highest BCUT2D eigenvalue weighted by Crippen LogP contribution is 2.26. The molecule has 0 aliphatic carbocycles. The Morgan fingerprint density at radius 3 is 2.94 bits per heavy atom. The molecular weight excluding hydrogens is 226 g/mol. The van der Waals surface area contributed by atoms with Crippen molar-refractivity contribution in [2.24, 2.45) is 0 Å². The zero-order chi connectivity index (χ0) is 11.7. The molecule has 0 saturated heterocycles. The second-order valence-corrected chi connectivity index (χ2v) is 5.20. The Kier molecular flexibility index (Phi) is 2.65. The quantitative estimate of drug-likeness (QED) is 0.653. The van der Waals surface area contributed by atoms with Crippen molar-refractivity contribution in [3.63, 3.8) is 0 Å². The fraction of sp³-hybridized carbons (Fsp3) is 0.133. The summed E-state index contributed by atoms with van der Waals surface area (Å²) in [7, 11) is 0. The fourth-order valence-corrected chi connectivity index (χ4v) is 3.06. The van der Waals surface area contributed by atoms with E-state index in [1.807, 2.05) is 29.8 Å². The number of fused-ring (bicyclic) bond motifs is 1. The lowest BCUT2D eigenvalue weighted by Crippen LogP contribution is -1.88. The number of benzene rings is 1. The highest BCUT2D eigenvalue weighted by atomic mass is 32.1. The van der Waals surface area contributed by atoms with Gasteiger partial charge in [-0.3, -0.25) is 4.98 Å². The summed E-state index contributed by atoms with van der Waals surface area (Å²) in [6.07, 6.45) is 4.71. The van der Waals surface area contributed by atoms with Gasteiger partial charge in [-0.1, -0.05) is 18.2 Å². The predicted octanol–water partition coefficient (Wildman–Crippen LogP) is 4.20. The Morgan fingerprint density at radius 2 is 2.12 bits per heavy atom. The third-order valence-electron chi connectivity index (χ3n) is 2.96. The Balaban J connectivity index is 1.96. The number of thiophene rings is 1. The van der Waals surface area contributed by atoms with Gasteiger partial charge in [-0.25, -0.2) is 0 Å². The van der Waals surface area contributed by atoms with Gasteiger partial charge in [0.15, 0.2) is 0 Å². The van der Waals surface area contributed by atoms with Crippen molar-refractivity contribution < 1.29 is 0 Å². The molecule has 0 fully saturated rings. The van der Waals surface area contributed by atoms with Gasteiger partial charge in [-0.05, 0) is 52.9 Å². The predicted molar refractivity (Wildman–Crippen MR) is 73.6 cm³/mol. The van der Waals surface area contributed by atoms with Crippen LogP contribution >= 0.6 is 11.3 Å². The molecule has 0 saturated carbocycles. The van der Waals surface area contributed by atoms with Gasteiger partial charge in [0.1, 0.15) is 0 Å². The van der Waals surface area contributed by atoms with E-state index in [9.17, 15) is 0 Å². The molecule has 0 spiro atoms. The second-order valence-electron chi connectivity index (χ2n) is 4.29. The standard InChI is InChI=1S/C15H13NS/c1-11-10-17-15-8-12(4-5-14(11)15)7-13-3-2-6-16-9-13/h2-6,8-10H,7H2,1H3. The number of aromatic nitrogens is 1. The van der Waals surface area contributed by atoms with Crippen LogP contribution in [0.1, 0.15) is 16.7 Å². The van der Waals surface area contributed by atoms with Crippen LogP contribution in [-0.2, 0) is 6.42 Å². The van der Waals surface area contributed by atoms with Crippen molar-refractivity contribution in [1.82, 2.24) is 4.98 Å². The highest BCUT2D eigenvalue weighted by Gasteiger charge is 2.02. The average molecular weight is 239 g/mol. The number of hydrogen-bond acceptors (Lipinski definition) is 2. The van der Waals surface area contributed by atoms with E-state index in [1.54, 1.807) is 0 Å². The van der Waals surface area contributed by atoms with Gasteiger partial charge in [0, 0.05) is 17.1 Å². The summed E-state index contributed by atoms with van der Waals surface area (Å²) in [6, 6.07) is 10.8. The molecule has 0 radical (unpaired) electrons. The number of rotatable bonds is 2. The SMILES string of the molecule is Cc1csc2cc(Cc3cccnc3)ccc12. The van der Waals surface area contributed by atoms with Crippen LogP contribution < -0.4 is 0 Å². The van der Waals surface area contributed by atoms with Gasteiger partial charge >= 0.3 is 0 Å². The lowest BCUT2D eigenvalue weighted by Gasteiger charge is -2.01. The molecule has 1 aromatic carbocycles. The van der Waals surface area contributed by atoms with E-state index in [4.69, 9.17) is 0 Å². The second kappa shape index (κ2) is 4.30. The van der Waals surface area contributed by atoms with Crippen LogP contribution in [0.3, 0.4) is 0 Å². The Morgan fingerprint density at radius 1 is 1.18 bits per heavy atom. The first-order valence-corrected chi connectivity index (χ1v) is 6.56. The van der Waals surface area contributed by atoms with Gasteiger partial charge < -0.3 is 0 Å². The summed E-state index contributed by atoms with van der Waals surface area (Å²) in [5, 5.41) is 3.60. The van der Waals surface area contributed by atoms with E-state index >= 15 is 0 Å². The van der Waals surface area contributed by atoms with E-state index in [-0.39, 0.29) is 0 Å². The molecule has 2 aromatic heterocycles. The summed E-state index contributed by atoms with van der Waals surface area (Å²) < 4.78 is 1.38. The van der Waals surface area contributed by atoms with Crippen molar-refractivity contribution in [2.45, 2.75) is 13.3 Å². The first-order valence-electron chi connectivity index (χ1n) is 5.68. The Bertz CT molecular complexity index is 640. The van der Waals surface area contributed by atoms with Crippen molar-refractivity contribution in [2.75, 3.05) is 0 Å². The van der Waals surface area contributed by atoms with Crippen LogP contribution in [0.2, 0.25) is 0 Å². The van der Waals surface area contributed by atoms with E-state index in [0.717, 1.165) is 6.42 Å². The molecule has 0 unspecified atom stereocenters. The summed E-state index contributed by atoms with van der Waals surface area (Å²) in [5.41, 5.74) is 3.99. The molecule has 0 atom stereocenters. The van der Waals surface area contributed by atoms with E-state index < -0.39 is 0 Å². The van der Waals surface area contributed by atoms with Gasteiger partial charge in [0.2, 0.25) is 0 Å². The minimum absolute atomic E-state index is 0.959. The molecule has 2 heteroatoms. The maximum Gasteiger partial charge on any atom is 0.0348 e. The molecule has 2 heterocycles. The van der Waals surface area contributed by atoms with Crippen molar-refractivity contribution in [3.8, 4) is 0 Å². The molecule has 3 rings (SSSR count). The topological polar surface area (TPSA) is 12.9 Å². The maximum absolute atomic E-state index is 4.15. The van der Waals surface area contributed by atoms with E-state index in [1.165, 1.54) is 26.8 Å². The lowest BCUT2D eigenvalue weighted by atomic mass is 10.0. The van der Waals surface area contributed by atoms with Gasteiger partial charge in [0.25, 0.3) is 0 Å².